The standard InChI is InChI=1S/C69H42N2O2/c1-5-21-43(22-6-1)70(44-23-7-2-8-24-44)47-37-38-51-55(41-47)62-53-32-16-20-36-61(53)73-68(62)65-63-54-40-39-52-50-31-15-19-35-60(50)72-67(52)64(54)59(71(45-25-9-3-10-26-45)46-27-11-4-12-28-46)42-58(63)69(66(51)65)56-33-17-13-29-48(56)49-30-14-18-34-57(49)69/h1-42H. The first-order chi connectivity index (χ1) is 36.3. The lowest BCUT2D eigenvalue weighted by molar-refractivity contribution is 0.669. The predicted octanol–water partition coefficient (Wildman–Crippen LogP) is 19.1. The van der Waals surface area contributed by atoms with Crippen molar-refractivity contribution in [3.05, 3.63) is 277 Å². The van der Waals surface area contributed by atoms with Gasteiger partial charge in [0.25, 0.3) is 0 Å². The summed E-state index contributed by atoms with van der Waals surface area (Å²) in [7, 11) is 0. The Morgan fingerprint density at radius 3 is 1.38 bits per heavy atom. The topological polar surface area (TPSA) is 32.8 Å². The molecular weight excluding hydrogens is 889 g/mol. The average molecular weight is 931 g/mol. The third-order valence-corrected chi connectivity index (χ3v) is 15.8. The van der Waals surface area contributed by atoms with Gasteiger partial charge in [-0.1, -0.05) is 170 Å². The Balaban J connectivity index is 1.13. The van der Waals surface area contributed by atoms with E-state index in [0.717, 1.165) is 105 Å². The van der Waals surface area contributed by atoms with Crippen LogP contribution in [0.5, 0.6) is 0 Å². The Morgan fingerprint density at radius 2 is 0.767 bits per heavy atom. The van der Waals surface area contributed by atoms with Crippen molar-refractivity contribution in [1.29, 1.82) is 0 Å². The van der Waals surface area contributed by atoms with Crippen molar-refractivity contribution in [2.24, 2.45) is 0 Å². The van der Waals surface area contributed by atoms with Crippen molar-refractivity contribution >= 4 is 99.5 Å². The summed E-state index contributed by atoms with van der Waals surface area (Å²) in [6.45, 7) is 0. The summed E-state index contributed by atoms with van der Waals surface area (Å²) in [5.41, 5.74) is 18.8. The molecule has 0 bridgehead atoms. The molecule has 0 N–H and O–H groups in total. The predicted molar refractivity (Wildman–Crippen MR) is 302 cm³/mol. The molecule has 2 aromatic heterocycles. The molecule has 0 radical (unpaired) electrons. The van der Waals surface area contributed by atoms with Crippen LogP contribution in [0.15, 0.2) is 264 Å². The maximum Gasteiger partial charge on any atom is 0.145 e. The van der Waals surface area contributed by atoms with Gasteiger partial charge in [-0.3, -0.25) is 0 Å². The Kier molecular flexibility index (Phi) is 8.35. The van der Waals surface area contributed by atoms with E-state index >= 15 is 0 Å². The zero-order valence-corrected chi connectivity index (χ0v) is 39.5. The minimum atomic E-state index is -0.770. The third kappa shape index (κ3) is 5.44. The van der Waals surface area contributed by atoms with E-state index in [-0.39, 0.29) is 0 Å². The second-order valence-corrected chi connectivity index (χ2v) is 19.4. The number of para-hydroxylation sites is 6. The Bertz CT molecular complexity index is 4430. The highest BCUT2D eigenvalue weighted by Gasteiger charge is 2.54. The maximum absolute atomic E-state index is 7.46. The number of anilines is 6. The van der Waals surface area contributed by atoms with Crippen molar-refractivity contribution in [1.82, 2.24) is 0 Å². The van der Waals surface area contributed by atoms with E-state index in [0.29, 0.717) is 0 Å². The third-order valence-electron chi connectivity index (χ3n) is 15.8. The first-order valence-electron chi connectivity index (χ1n) is 25.1. The molecule has 0 atom stereocenters. The van der Waals surface area contributed by atoms with Crippen LogP contribution in [0.4, 0.5) is 34.1 Å². The van der Waals surface area contributed by atoms with Crippen LogP contribution in [0.2, 0.25) is 0 Å². The normalized spacial score (nSPS) is 13.0. The molecule has 0 amide bonds. The molecule has 2 heterocycles. The van der Waals surface area contributed by atoms with E-state index in [2.05, 4.69) is 265 Å². The summed E-state index contributed by atoms with van der Waals surface area (Å²) in [6.07, 6.45) is 0. The van der Waals surface area contributed by atoms with E-state index in [1.807, 2.05) is 0 Å². The molecule has 0 aliphatic heterocycles. The molecular formula is C69H42N2O2. The highest BCUT2D eigenvalue weighted by molar-refractivity contribution is 6.31. The number of hydrogen-bond donors (Lipinski definition) is 0. The van der Waals surface area contributed by atoms with Crippen LogP contribution >= 0.6 is 0 Å². The van der Waals surface area contributed by atoms with Gasteiger partial charge in [-0.25, -0.2) is 0 Å². The van der Waals surface area contributed by atoms with Crippen LogP contribution in [-0.2, 0) is 5.41 Å². The Labute approximate surface area is 420 Å². The van der Waals surface area contributed by atoms with Gasteiger partial charge in [0.15, 0.2) is 0 Å². The quantitative estimate of drug-likeness (QED) is 0.166. The molecule has 0 unspecified atom stereocenters. The van der Waals surface area contributed by atoms with Gasteiger partial charge >= 0.3 is 0 Å². The molecule has 340 valence electrons. The van der Waals surface area contributed by atoms with E-state index in [9.17, 15) is 0 Å². The van der Waals surface area contributed by atoms with Gasteiger partial charge in [0.2, 0.25) is 0 Å². The molecule has 0 saturated heterocycles. The van der Waals surface area contributed by atoms with Gasteiger partial charge in [0.1, 0.15) is 22.3 Å². The molecule has 2 aliphatic carbocycles. The second kappa shape index (κ2) is 15.2. The summed E-state index contributed by atoms with van der Waals surface area (Å²) in [5.74, 6) is 0. The van der Waals surface area contributed by atoms with Gasteiger partial charge in [-0.05, 0) is 140 Å². The number of rotatable bonds is 6. The summed E-state index contributed by atoms with van der Waals surface area (Å²) in [4.78, 5) is 4.80. The van der Waals surface area contributed by atoms with Gasteiger partial charge in [-0.2, -0.15) is 0 Å². The number of furan rings is 2. The Hall–Kier alpha value is -9.64. The molecule has 2 aliphatic rings. The molecule has 16 rings (SSSR count). The largest absolute Gasteiger partial charge is 0.455 e. The fourth-order valence-corrected chi connectivity index (χ4v) is 13.0. The smallest absolute Gasteiger partial charge is 0.145 e. The van der Waals surface area contributed by atoms with Gasteiger partial charge < -0.3 is 18.6 Å². The molecule has 0 fully saturated rings. The van der Waals surface area contributed by atoms with Crippen LogP contribution in [0, 0.1) is 0 Å². The summed E-state index contributed by atoms with van der Waals surface area (Å²) in [5, 5.41) is 8.84. The molecule has 0 saturated carbocycles. The van der Waals surface area contributed by atoms with Crippen molar-refractivity contribution in [3.63, 3.8) is 0 Å². The number of nitrogens with zero attached hydrogens (tertiary/aromatic N) is 2. The molecule has 73 heavy (non-hydrogen) atoms. The number of fused-ring (bicyclic) bond motifs is 23. The summed E-state index contributed by atoms with van der Waals surface area (Å²) >= 11 is 0. The summed E-state index contributed by atoms with van der Waals surface area (Å²) < 4.78 is 14.6. The van der Waals surface area contributed by atoms with Gasteiger partial charge in [-0.15, -0.1) is 0 Å². The number of hydrogen-bond acceptors (Lipinski definition) is 4. The van der Waals surface area contributed by atoms with E-state index < -0.39 is 5.41 Å². The van der Waals surface area contributed by atoms with E-state index in [1.54, 1.807) is 0 Å². The average Bonchev–Trinajstić information content (AvgIpc) is 4.21. The minimum Gasteiger partial charge on any atom is -0.455 e. The zero-order valence-electron chi connectivity index (χ0n) is 39.5. The summed E-state index contributed by atoms with van der Waals surface area (Å²) in [6, 6.07) is 92.5. The van der Waals surface area contributed by atoms with Gasteiger partial charge in [0, 0.05) is 60.9 Å². The first-order valence-corrected chi connectivity index (χ1v) is 25.1. The fraction of sp³-hybridized carbons (Fsp3) is 0.0145. The van der Waals surface area contributed by atoms with Crippen LogP contribution in [0.3, 0.4) is 0 Å². The van der Waals surface area contributed by atoms with Crippen LogP contribution in [-0.4, -0.2) is 0 Å². The molecule has 14 aromatic rings. The lowest BCUT2D eigenvalue weighted by atomic mass is 9.69. The SMILES string of the molecule is c1ccc(N(c2ccccc2)c2ccc3c4c(c5oc6ccccc6c5c3c2)-c2c(cc(N(c3ccccc3)c3ccccc3)c3c2ccc2c5ccccc5oc23)C42c3ccccc3-c3ccccc32)cc1. The highest BCUT2D eigenvalue weighted by atomic mass is 16.3. The van der Waals surface area contributed by atoms with E-state index in [1.165, 1.54) is 38.8 Å². The van der Waals surface area contributed by atoms with Crippen molar-refractivity contribution in [3.8, 4) is 22.3 Å². The lowest BCUT2D eigenvalue weighted by Gasteiger charge is -2.33. The molecule has 1 spiro atoms. The van der Waals surface area contributed by atoms with Crippen LogP contribution < -0.4 is 9.80 Å². The minimum absolute atomic E-state index is 0.770. The van der Waals surface area contributed by atoms with Crippen LogP contribution in [0.1, 0.15) is 22.3 Å². The van der Waals surface area contributed by atoms with Crippen molar-refractivity contribution < 1.29 is 8.83 Å². The lowest BCUT2D eigenvalue weighted by Crippen LogP contribution is -2.26. The second-order valence-electron chi connectivity index (χ2n) is 19.4. The van der Waals surface area contributed by atoms with Crippen molar-refractivity contribution in [2.45, 2.75) is 5.41 Å². The Morgan fingerprint density at radius 1 is 0.288 bits per heavy atom. The molecule has 4 nitrogen and oxygen atoms in total. The van der Waals surface area contributed by atoms with E-state index in [4.69, 9.17) is 8.83 Å². The molecule has 12 aromatic carbocycles. The van der Waals surface area contributed by atoms with Gasteiger partial charge in [0.05, 0.1) is 11.1 Å². The monoisotopic (exact) mass is 930 g/mol. The fourth-order valence-electron chi connectivity index (χ4n) is 13.0. The molecule has 4 heteroatoms. The van der Waals surface area contributed by atoms with Crippen LogP contribution in [0.25, 0.3) is 87.7 Å². The maximum atomic E-state index is 7.46. The highest BCUT2D eigenvalue weighted by Crippen LogP contribution is 2.68. The van der Waals surface area contributed by atoms with Crippen molar-refractivity contribution in [2.75, 3.05) is 9.80 Å². The first kappa shape index (κ1) is 40.1. The number of benzene rings is 12. The zero-order chi connectivity index (χ0) is 47.8.